The molecule has 0 aromatic carbocycles. The van der Waals surface area contributed by atoms with Crippen LogP contribution in [0.3, 0.4) is 0 Å². The second-order valence-corrected chi connectivity index (χ2v) is 5.66. The number of aromatic nitrogens is 1. The van der Waals surface area contributed by atoms with Crippen molar-refractivity contribution >= 4 is 27.2 Å². The van der Waals surface area contributed by atoms with Crippen LogP contribution in [0.5, 0.6) is 0 Å². The van der Waals surface area contributed by atoms with E-state index in [2.05, 4.69) is 27.9 Å². The van der Waals surface area contributed by atoms with Gasteiger partial charge in [-0.05, 0) is 18.5 Å². The van der Waals surface area contributed by atoms with Crippen molar-refractivity contribution in [2.45, 2.75) is 0 Å². The fourth-order valence-corrected chi connectivity index (χ4v) is 3.25. The summed E-state index contributed by atoms with van der Waals surface area (Å²) < 4.78 is 0. The molecule has 6 heteroatoms. The lowest BCUT2D eigenvalue weighted by atomic mass is 10.1. The maximum atomic E-state index is 12.0. The number of rotatable bonds is 1. The number of anilines is 1. The number of aromatic amines is 1. The van der Waals surface area contributed by atoms with Gasteiger partial charge in [0.05, 0.1) is 5.69 Å². The van der Waals surface area contributed by atoms with E-state index in [0.29, 0.717) is 0 Å². The highest BCUT2D eigenvalue weighted by Crippen LogP contribution is 2.30. The van der Waals surface area contributed by atoms with Crippen LogP contribution >= 0.6 is 11.3 Å². The Morgan fingerprint density at radius 3 is 2.79 bits per heavy atom. The third-order valence-corrected chi connectivity index (χ3v) is 4.37. The van der Waals surface area contributed by atoms with Crippen LogP contribution in [0.25, 0.3) is 10.2 Å². The van der Waals surface area contributed by atoms with Crippen molar-refractivity contribution in [3.8, 4) is 6.07 Å². The molecule has 2 aromatic rings. The topological polar surface area (TPSA) is 63.1 Å². The highest BCUT2D eigenvalue weighted by Gasteiger charge is 2.22. The Morgan fingerprint density at radius 2 is 2.11 bits per heavy atom. The van der Waals surface area contributed by atoms with Crippen molar-refractivity contribution in [2.75, 3.05) is 38.1 Å². The average Bonchev–Trinajstić information content (AvgIpc) is 2.86. The van der Waals surface area contributed by atoms with E-state index in [4.69, 9.17) is 0 Å². The number of hydrogen-bond donors (Lipinski definition) is 1. The van der Waals surface area contributed by atoms with Crippen molar-refractivity contribution in [1.82, 2.24) is 9.88 Å². The predicted octanol–water partition coefficient (Wildman–Crippen LogP) is 1.21. The zero-order valence-corrected chi connectivity index (χ0v) is 11.5. The molecule has 0 bridgehead atoms. The molecule has 1 saturated heterocycles. The largest absolute Gasteiger partial charge is 0.367 e. The van der Waals surface area contributed by atoms with E-state index < -0.39 is 0 Å². The van der Waals surface area contributed by atoms with Gasteiger partial charge in [-0.3, -0.25) is 4.79 Å². The van der Waals surface area contributed by atoms with Crippen molar-refractivity contribution < 1.29 is 0 Å². The number of thiophene rings is 1. The van der Waals surface area contributed by atoms with Gasteiger partial charge in [0.15, 0.2) is 0 Å². The van der Waals surface area contributed by atoms with Crippen molar-refractivity contribution in [2.24, 2.45) is 0 Å². The fourth-order valence-electron chi connectivity index (χ4n) is 2.46. The lowest BCUT2D eigenvalue weighted by Crippen LogP contribution is -2.45. The number of pyridine rings is 1. The number of fused-ring (bicyclic) bond motifs is 1. The minimum atomic E-state index is -0.286. The summed E-state index contributed by atoms with van der Waals surface area (Å²) in [5, 5.41) is 12.2. The number of nitriles is 1. The highest BCUT2D eigenvalue weighted by molar-refractivity contribution is 7.16. The van der Waals surface area contributed by atoms with Gasteiger partial charge in [-0.15, -0.1) is 11.3 Å². The third kappa shape index (κ3) is 2.01. The molecule has 1 aliphatic heterocycles. The van der Waals surface area contributed by atoms with E-state index in [-0.39, 0.29) is 11.1 Å². The minimum Gasteiger partial charge on any atom is -0.367 e. The maximum absolute atomic E-state index is 12.0. The molecule has 0 saturated carbocycles. The summed E-state index contributed by atoms with van der Waals surface area (Å²) in [6.07, 6.45) is 0. The van der Waals surface area contributed by atoms with Gasteiger partial charge in [0.1, 0.15) is 16.5 Å². The molecule has 1 aliphatic rings. The molecule has 1 N–H and O–H groups in total. The van der Waals surface area contributed by atoms with Gasteiger partial charge in [-0.25, -0.2) is 0 Å². The smallest absolute Gasteiger partial charge is 0.269 e. The van der Waals surface area contributed by atoms with E-state index in [9.17, 15) is 10.1 Å². The summed E-state index contributed by atoms with van der Waals surface area (Å²) in [5.74, 6) is 0. The Hall–Kier alpha value is -1.84. The Bertz CT molecular complexity index is 703. The standard InChI is InChI=1S/C13H14N4OS/c1-16-3-5-17(6-4-16)11-9-2-7-19-13(9)15-12(18)10(11)8-14/h2,7H,3-6H2,1H3,(H,15,18). The van der Waals surface area contributed by atoms with Crippen LogP contribution in [-0.4, -0.2) is 43.1 Å². The second kappa shape index (κ2) is 4.68. The zero-order valence-electron chi connectivity index (χ0n) is 10.6. The van der Waals surface area contributed by atoms with E-state index >= 15 is 0 Å². The molecule has 0 amide bonds. The van der Waals surface area contributed by atoms with Gasteiger partial charge in [0, 0.05) is 31.6 Å². The van der Waals surface area contributed by atoms with Gasteiger partial charge in [0.2, 0.25) is 0 Å². The van der Waals surface area contributed by atoms with Crippen LogP contribution in [0, 0.1) is 11.3 Å². The predicted molar refractivity (Wildman–Crippen MR) is 76.9 cm³/mol. The van der Waals surface area contributed by atoms with Crippen LogP contribution < -0.4 is 10.5 Å². The van der Waals surface area contributed by atoms with Crippen molar-refractivity contribution in [3.63, 3.8) is 0 Å². The Morgan fingerprint density at radius 1 is 1.37 bits per heavy atom. The minimum absolute atomic E-state index is 0.232. The third-order valence-electron chi connectivity index (χ3n) is 3.54. The first-order valence-corrected chi connectivity index (χ1v) is 7.05. The van der Waals surface area contributed by atoms with Crippen LogP contribution in [-0.2, 0) is 0 Å². The monoisotopic (exact) mass is 274 g/mol. The molecule has 0 atom stereocenters. The molecule has 1 fully saturated rings. The molecule has 0 radical (unpaired) electrons. The zero-order chi connectivity index (χ0) is 13.4. The molecule has 98 valence electrons. The van der Waals surface area contributed by atoms with Crippen LogP contribution in [0.15, 0.2) is 16.2 Å². The first kappa shape index (κ1) is 12.2. The first-order chi connectivity index (χ1) is 9.20. The quantitative estimate of drug-likeness (QED) is 0.849. The fraction of sp³-hybridized carbons (Fsp3) is 0.385. The normalized spacial score (nSPS) is 16.7. The number of hydrogen-bond acceptors (Lipinski definition) is 5. The highest BCUT2D eigenvalue weighted by atomic mass is 32.1. The number of nitrogens with zero attached hydrogens (tertiary/aromatic N) is 3. The van der Waals surface area contributed by atoms with Gasteiger partial charge in [-0.1, -0.05) is 0 Å². The molecule has 3 heterocycles. The second-order valence-electron chi connectivity index (χ2n) is 4.74. The summed E-state index contributed by atoms with van der Waals surface area (Å²) >= 11 is 1.50. The van der Waals surface area contributed by atoms with Crippen LogP contribution in [0.2, 0.25) is 0 Å². The Balaban J connectivity index is 2.18. The first-order valence-electron chi connectivity index (χ1n) is 6.18. The summed E-state index contributed by atoms with van der Waals surface area (Å²) in [4.78, 5) is 20.0. The molecule has 0 spiro atoms. The number of likely N-dealkylation sites (N-methyl/N-ethyl adjacent to an activating group) is 1. The van der Waals surface area contributed by atoms with Gasteiger partial charge in [0.25, 0.3) is 5.56 Å². The van der Waals surface area contributed by atoms with E-state index in [1.807, 2.05) is 11.4 Å². The van der Waals surface area contributed by atoms with Gasteiger partial charge < -0.3 is 14.8 Å². The summed E-state index contributed by atoms with van der Waals surface area (Å²) in [5.41, 5.74) is 0.748. The van der Waals surface area contributed by atoms with Gasteiger partial charge in [-0.2, -0.15) is 5.26 Å². The van der Waals surface area contributed by atoms with E-state index in [1.165, 1.54) is 11.3 Å². The summed E-state index contributed by atoms with van der Waals surface area (Å²) in [6, 6.07) is 4.04. The number of nitrogens with one attached hydrogen (secondary N) is 1. The molecular formula is C13H14N4OS. The van der Waals surface area contributed by atoms with Crippen molar-refractivity contribution in [1.29, 1.82) is 5.26 Å². The molecule has 5 nitrogen and oxygen atoms in total. The van der Waals surface area contributed by atoms with Crippen LogP contribution in [0.4, 0.5) is 5.69 Å². The van der Waals surface area contributed by atoms with Crippen molar-refractivity contribution in [3.05, 3.63) is 27.4 Å². The molecule has 2 aromatic heterocycles. The lowest BCUT2D eigenvalue weighted by molar-refractivity contribution is 0.313. The van der Waals surface area contributed by atoms with E-state index in [0.717, 1.165) is 42.1 Å². The maximum Gasteiger partial charge on any atom is 0.269 e. The molecular weight excluding hydrogens is 260 g/mol. The Kier molecular flexibility index (Phi) is 3.01. The van der Waals surface area contributed by atoms with Crippen LogP contribution in [0.1, 0.15) is 5.56 Å². The molecule has 3 rings (SSSR count). The SMILES string of the molecule is CN1CCN(c2c(C#N)c(=O)[nH]c3sccc23)CC1. The summed E-state index contributed by atoms with van der Waals surface area (Å²) in [6.45, 7) is 3.59. The number of piperazine rings is 1. The lowest BCUT2D eigenvalue weighted by Gasteiger charge is -2.34. The molecule has 19 heavy (non-hydrogen) atoms. The molecule has 0 unspecified atom stereocenters. The Labute approximate surface area is 114 Å². The van der Waals surface area contributed by atoms with E-state index in [1.54, 1.807) is 0 Å². The average molecular weight is 274 g/mol. The van der Waals surface area contributed by atoms with Gasteiger partial charge >= 0.3 is 0 Å². The number of H-pyrrole nitrogens is 1. The molecule has 0 aliphatic carbocycles. The summed E-state index contributed by atoms with van der Waals surface area (Å²) in [7, 11) is 2.08.